The van der Waals surface area contributed by atoms with Crippen molar-refractivity contribution in [3.05, 3.63) is 42.6 Å². The molecule has 9 heteroatoms. The van der Waals surface area contributed by atoms with Gasteiger partial charge in [0.05, 0.1) is 32.2 Å². The van der Waals surface area contributed by atoms with E-state index in [4.69, 9.17) is 9.47 Å². The number of anilines is 3. The molecule has 0 radical (unpaired) electrons. The van der Waals surface area contributed by atoms with Crippen LogP contribution in [0, 0.1) is 0 Å². The highest BCUT2D eigenvalue weighted by Gasteiger charge is 2.17. The second-order valence-corrected chi connectivity index (χ2v) is 6.73. The van der Waals surface area contributed by atoms with E-state index in [0.717, 1.165) is 18.9 Å². The number of likely N-dealkylation sites (N-methyl/N-ethyl adjacent to an activating group) is 1. The molecule has 1 aliphatic rings. The predicted octanol–water partition coefficient (Wildman–Crippen LogP) is 2.42. The number of benzene rings is 1. The highest BCUT2D eigenvalue weighted by atomic mass is 16.5. The fraction of sp³-hybridized carbons (Fsp3) is 0.381. The molecule has 1 aliphatic heterocycles. The van der Waals surface area contributed by atoms with Crippen LogP contribution in [0.5, 0.6) is 5.75 Å². The number of hydrogen-bond donors (Lipinski definition) is 2. The molecule has 160 valence electrons. The molecule has 30 heavy (non-hydrogen) atoms. The molecular formula is C21H27N5O4. The lowest BCUT2D eigenvalue weighted by Gasteiger charge is -2.27. The number of morpholine rings is 1. The van der Waals surface area contributed by atoms with Crippen LogP contribution < -0.4 is 20.3 Å². The van der Waals surface area contributed by atoms with Gasteiger partial charge in [0.2, 0.25) is 5.91 Å². The Morgan fingerprint density at radius 1 is 1.17 bits per heavy atom. The number of methoxy groups -OCH3 is 1. The van der Waals surface area contributed by atoms with Crippen molar-refractivity contribution in [1.29, 1.82) is 0 Å². The summed E-state index contributed by atoms with van der Waals surface area (Å²) in [5.74, 6) is 1.20. The Kier molecular flexibility index (Phi) is 7.45. The van der Waals surface area contributed by atoms with E-state index in [9.17, 15) is 9.59 Å². The topological polar surface area (TPSA) is 96.0 Å². The SMILES string of the molecule is CCN(CC(=O)Nc1cccc(OC)c1)C(=O)Nc1ccc(N2CCOCC2)nc1. The van der Waals surface area contributed by atoms with Crippen molar-refractivity contribution >= 4 is 29.1 Å². The minimum atomic E-state index is -0.362. The van der Waals surface area contributed by atoms with E-state index in [1.165, 1.54) is 4.90 Å². The fourth-order valence-electron chi connectivity index (χ4n) is 3.04. The fourth-order valence-corrected chi connectivity index (χ4v) is 3.04. The number of nitrogens with one attached hydrogen (secondary N) is 2. The molecular weight excluding hydrogens is 386 g/mol. The van der Waals surface area contributed by atoms with Gasteiger partial charge in [-0.05, 0) is 31.2 Å². The van der Waals surface area contributed by atoms with Crippen molar-refractivity contribution in [1.82, 2.24) is 9.88 Å². The number of aromatic nitrogens is 1. The van der Waals surface area contributed by atoms with Crippen LogP contribution in [0.2, 0.25) is 0 Å². The lowest BCUT2D eigenvalue weighted by molar-refractivity contribution is -0.116. The summed E-state index contributed by atoms with van der Waals surface area (Å²) in [5, 5.41) is 5.57. The van der Waals surface area contributed by atoms with Crippen LogP contribution in [0.3, 0.4) is 0 Å². The number of rotatable bonds is 7. The van der Waals surface area contributed by atoms with Crippen molar-refractivity contribution < 1.29 is 19.1 Å². The summed E-state index contributed by atoms with van der Waals surface area (Å²) < 4.78 is 10.5. The summed E-state index contributed by atoms with van der Waals surface area (Å²) in [6.07, 6.45) is 1.62. The van der Waals surface area contributed by atoms with E-state index in [0.29, 0.717) is 36.9 Å². The Morgan fingerprint density at radius 3 is 2.63 bits per heavy atom. The van der Waals surface area contributed by atoms with Gasteiger partial charge in [0.1, 0.15) is 18.1 Å². The van der Waals surface area contributed by atoms with Gasteiger partial charge in [-0.3, -0.25) is 4.79 Å². The Hall–Kier alpha value is -3.33. The zero-order chi connectivity index (χ0) is 21.3. The van der Waals surface area contributed by atoms with E-state index in [-0.39, 0.29) is 18.5 Å². The summed E-state index contributed by atoms with van der Waals surface area (Å²) in [4.78, 5) is 32.9. The zero-order valence-corrected chi connectivity index (χ0v) is 17.3. The average molecular weight is 413 g/mol. The number of nitrogens with zero attached hydrogens (tertiary/aromatic N) is 3. The van der Waals surface area contributed by atoms with Crippen molar-refractivity contribution in [2.45, 2.75) is 6.92 Å². The van der Waals surface area contributed by atoms with Crippen LogP contribution in [0.4, 0.5) is 22.0 Å². The van der Waals surface area contributed by atoms with E-state index in [1.807, 2.05) is 13.0 Å². The van der Waals surface area contributed by atoms with Gasteiger partial charge in [-0.25, -0.2) is 9.78 Å². The first-order valence-electron chi connectivity index (χ1n) is 9.87. The third-order valence-electron chi connectivity index (χ3n) is 4.69. The molecule has 1 aromatic heterocycles. The molecule has 0 spiro atoms. The molecule has 1 fully saturated rings. The molecule has 0 unspecified atom stereocenters. The summed E-state index contributed by atoms with van der Waals surface area (Å²) in [5.41, 5.74) is 1.18. The predicted molar refractivity (Wildman–Crippen MR) is 115 cm³/mol. The van der Waals surface area contributed by atoms with Crippen LogP contribution >= 0.6 is 0 Å². The van der Waals surface area contributed by atoms with Gasteiger partial charge in [-0.15, -0.1) is 0 Å². The Morgan fingerprint density at radius 2 is 1.97 bits per heavy atom. The van der Waals surface area contributed by atoms with E-state index < -0.39 is 0 Å². The molecule has 0 bridgehead atoms. The van der Waals surface area contributed by atoms with Crippen LogP contribution in [0.15, 0.2) is 42.6 Å². The second kappa shape index (κ2) is 10.4. The van der Waals surface area contributed by atoms with Gasteiger partial charge >= 0.3 is 6.03 Å². The molecule has 2 heterocycles. The number of carbonyl (C=O) groups excluding carboxylic acids is 2. The number of carbonyl (C=O) groups is 2. The first-order chi connectivity index (χ1) is 14.6. The second-order valence-electron chi connectivity index (χ2n) is 6.73. The minimum Gasteiger partial charge on any atom is -0.497 e. The molecule has 3 amide bonds. The molecule has 0 saturated carbocycles. The third-order valence-corrected chi connectivity index (χ3v) is 4.69. The van der Waals surface area contributed by atoms with Crippen LogP contribution in [0.1, 0.15) is 6.92 Å². The Bertz CT molecular complexity index is 853. The summed E-state index contributed by atoms with van der Waals surface area (Å²) in [7, 11) is 1.56. The molecule has 0 aliphatic carbocycles. The lowest BCUT2D eigenvalue weighted by atomic mass is 10.3. The van der Waals surface area contributed by atoms with Crippen molar-refractivity contribution in [2.75, 3.05) is 62.0 Å². The molecule has 1 aromatic carbocycles. The van der Waals surface area contributed by atoms with Crippen LogP contribution in [-0.2, 0) is 9.53 Å². The van der Waals surface area contributed by atoms with Gasteiger partial charge in [0.25, 0.3) is 0 Å². The van der Waals surface area contributed by atoms with Gasteiger partial charge in [-0.2, -0.15) is 0 Å². The number of hydrogen-bond acceptors (Lipinski definition) is 6. The number of ether oxygens (including phenoxy) is 2. The normalized spacial score (nSPS) is 13.5. The average Bonchev–Trinajstić information content (AvgIpc) is 2.78. The monoisotopic (exact) mass is 413 g/mol. The number of urea groups is 1. The van der Waals surface area contributed by atoms with Crippen LogP contribution in [0.25, 0.3) is 0 Å². The maximum absolute atomic E-state index is 12.6. The van der Waals surface area contributed by atoms with E-state index in [1.54, 1.807) is 43.6 Å². The molecule has 0 atom stereocenters. The van der Waals surface area contributed by atoms with Gasteiger partial charge in [0.15, 0.2) is 0 Å². The molecule has 2 aromatic rings. The Labute approximate surface area is 176 Å². The van der Waals surface area contributed by atoms with E-state index in [2.05, 4.69) is 20.5 Å². The minimum absolute atomic E-state index is 0.0706. The van der Waals surface area contributed by atoms with E-state index >= 15 is 0 Å². The van der Waals surface area contributed by atoms with Crippen molar-refractivity contribution in [3.8, 4) is 5.75 Å². The molecule has 9 nitrogen and oxygen atoms in total. The molecule has 3 rings (SSSR count). The third kappa shape index (κ3) is 5.84. The van der Waals surface area contributed by atoms with Crippen molar-refractivity contribution in [3.63, 3.8) is 0 Å². The Balaban J connectivity index is 1.54. The highest BCUT2D eigenvalue weighted by molar-refractivity contribution is 5.97. The molecule has 2 N–H and O–H groups in total. The first-order valence-corrected chi connectivity index (χ1v) is 9.87. The zero-order valence-electron chi connectivity index (χ0n) is 17.3. The summed E-state index contributed by atoms with van der Waals surface area (Å²) >= 11 is 0. The van der Waals surface area contributed by atoms with Crippen molar-refractivity contribution in [2.24, 2.45) is 0 Å². The lowest BCUT2D eigenvalue weighted by Crippen LogP contribution is -2.40. The standard InChI is InChI=1S/C21H27N5O4/c1-3-25(15-20(27)23-16-5-4-6-18(13-16)29-2)21(28)24-17-7-8-19(22-14-17)26-9-11-30-12-10-26/h4-8,13-14H,3,9-12,15H2,1-2H3,(H,23,27)(H,24,28). The quantitative estimate of drug-likeness (QED) is 0.724. The summed E-state index contributed by atoms with van der Waals surface area (Å²) in [6.45, 7) is 5.09. The van der Waals surface area contributed by atoms with Gasteiger partial charge < -0.3 is 29.9 Å². The smallest absolute Gasteiger partial charge is 0.322 e. The van der Waals surface area contributed by atoms with Gasteiger partial charge in [0, 0.05) is 31.4 Å². The number of amides is 3. The number of pyridine rings is 1. The summed E-state index contributed by atoms with van der Waals surface area (Å²) in [6, 6.07) is 10.4. The van der Waals surface area contributed by atoms with Gasteiger partial charge in [-0.1, -0.05) is 6.07 Å². The molecule has 1 saturated heterocycles. The first kappa shape index (κ1) is 21.4. The highest BCUT2D eigenvalue weighted by Crippen LogP contribution is 2.17. The van der Waals surface area contributed by atoms with Crippen LogP contribution in [-0.4, -0.2) is 68.3 Å². The maximum atomic E-state index is 12.6. The maximum Gasteiger partial charge on any atom is 0.322 e. The largest absolute Gasteiger partial charge is 0.497 e.